The summed E-state index contributed by atoms with van der Waals surface area (Å²) in [6.45, 7) is 8.25. The number of aryl methyl sites for hydroxylation is 3. The lowest BCUT2D eigenvalue weighted by Crippen LogP contribution is -2.31. The monoisotopic (exact) mass is 300 g/mol. The Kier molecular flexibility index (Phi) is 5.75. The van der Waals surface area contributed by atoms with Crippen molar-refractivity contribution in [3.8, 4) is 0 Å². The van der Waals surface area contributed by atoms with E-state index in [4.69, 9.17) is 0 Å². The summed E-state index contributed by atoms with van der Waals surface area (Å²) in [7, 11) is 6.28. The molecule has 0 atom stereocenters. The minimum atomic E-state index is 0.930. The van der Waals surface area contributed by atoms with E-state index >= 15 is 0 Å². The third-order valence-electron chi connectivity index (χ3n) is 4.00. The summed E-state index contributed by atoms with van der Waals surface area (Å²) in [5.41, 5.74) is 5.12. The lowest BCUT2D eigenvalue weighted by atomic mass is 10.1. The summed E-state index contributed by atoms with van der Waals surface area (Å²) in [6.07, 6.45) is 0. The molecule has 2 aromatic rings. The van der Waals surface area contributed by atoms with Gasteiger partial charge in [0.25, 0.3) is 0 Å². The number of nitrogens with zero attached hydrogens (tertiary/aromatic N) is 4. The van der Waals surface area contributed by atoms with Gasteiger partial charge in [0.2, 0.25) is 0 Å². The summed E-state index contributed by atoms with van der Waals surface area (Å²) < 4.78 is 2.00. The van der Waals surface area contributed by atoms with Crippen LogP contribution in [0.25, 0.3) is 0 Å². The van der Waals surface area contributed by atoms with Crippen LogP contribution < -0.4 is 0 Å². The highest BCUT2D eigenvalue weighted by Gasteiger charge is 2.12. The zero-order valence-electron chi connectivity index (χ0n) is 14.5. The molecule has 0 unspecified atom stereocenters. The third kappa shape index (κ3) is 4.68. The van der Waals surface area contributed by atoms with Crippen LogP contribution in [0.4, 0.5) is 0 Å². The molecule has 1 heterocycles. The largest absolute Gasteiger partial charge is 0.308 e. The van der Waals surface area contributed by atoms with Crippen LogP contribution in [0.1, 0.15) is 22.5 Å². The second-order valence-electron chi connectivity index (χ2n) is 6.34. The van der Waals surface area contributed by atoms with Crippen molar-refractivity contribution < 1.29 is 0 Å². The van der Waals surface area contributed by atoms with E-state index in [2.05, 4.69) is 73.2 Å². The molecule has 22 heavy (non-hydrogen) atoms. The van der Waals surface area contributed by atoms with E-state index in [1.165, 1.54) is 16.8 Å². The first-order chi connectivity index (χ1) is 10.5. The van der Waals surface area contributed by atoms with Gasteiger partial charge in [-0.05, 0) is 45.1 Å². The molecule has 0 fully saturated rings. The van der Waals surface area contributed by atoms with Crippen molar-refractivity contribution in [3.05, 3.63) is 52.8 Å². The molecule has 0 radical (unpaired) electrons. The quantitative estimate of drug-likeness (QED) is 0.785. The first-order valence-electron chi connectivity index (χ1n) is 7.87. The first kappa shape index (κ1) is 16.7. The first-order valence-corrected chi connectivity index (χ1v) is 7.87. The summed E-state index contributed by atoms with van der Waals surface area (Å²) >= 11 is 0. The summed E-state index contributed by atoms with van der Waals surface area (Å²) in [6, 6.07) is 10.8. The molecular formula is C18H28N4. The third-order valence-corrected chi connectivity index (χ3v) is 4.00. The minimum absolute atomic E-state index is 0.930. The van der Waals surface area contributed by atoms with Crippen molar-refractivity contribution in [2.45, 2.75) is 26.9 Å². The maximum absolute atomic E-state index is 4.46. The molecular weight excluding hydrogens is 272 g/mol. The molecule has 0 aliphatic heterocycles. The number of likely N-dealkylation sites (N-methyl/N-ethyl adjacent to an activating group) is 1. The second-order valence-corrected chi connectivity index (χ2v) is 6.34. The van der Waals surface area contributed by atoms with E-state index in [0.29, 0.717) is 0 Å². The Labute approximate surface area is 134 Å². The van der Waals surface area contributed by atoms with Gasteiger partial charge in [-0.3, -0.25) is 9.58 Å². The van der Waals surface area contributed by atoms with Gasteiger partial charge in [0.15, 0.2) is 0 Å². The van der Waals surface area contributed by atoms with Crippen LogP contribution in [0.5, 0.6) is 0 Å². The van der Waals surface area contributed by atoms with Gasteiger partial charge in [-0.25, -0.2) is 0 Å². The molecule has 0 N–H and O–H groups in total. The molecule has 0 spiro atoms. The normalized spacial score (nSPS) is 11.6. The highest BCUT2D eigenvalue weighted by Crippen LogP contribution is 2.13. The Morgan fingerprint density at radius 3 is 2.36 bits per heavy atom. The van der Waals surface area contributed by atoms with Gasteiger partial charge >= 0.3 is 0 Å². The standard InChI is InChI=1S/C18H28N4/c1-15-8-6-7-9-17(15)13-22(11-10-20(3)4)14-18-12-16(2)19-21(18)5/h6-9,12H,10-11,13-14H2,1-5H3. The predicted molar refractivity (Wildman–Crippen MR) is 91.8 cm³/mol. The molecule has 0 saturated carbocycles. The molecule has 1 aromatic heterocycles. The number of hydrogen-bond donors (Lipinski definition) is 0. The van der Waals surface area contributed by atoms with Crippen LogP contribution in [0, 0.1) is 13.8 Å². The molecule has 4 heteroatoms. The predicted octanol–water partition coefficient (Wildman–Crippen LogP) is 2.60. The van der Waals surface area contributed by atoms with Gasteiger partial charge in [0, 0.05) is 33.2 Å². The van der Waals surface area contributed by atoms with E-state index in [-0.39, 0.29) is 0 Å². The van der Waals surface area contributed by atoms with Gasteiger partial charge in [0.1, 0.15) is 0 Å². The van der Waals surface area contributed by atoms with Crippen LogP contribution in [-0.4, -0.2) is 46.8 Å². The average molecular weight is 300 g/mol. The highest BCUT2D eigenvalue weighted by atomic mass is 15.3. The number of rotatable bonds is 7. The molecule has 0 saturated heterocycles. The Morgan fingerprint density at radius 1 is 1.05 bits per heavy atom. The SMILES string of the molecule is Cc1cc(CN(CCN(C)C)Cc2ccccc2C)n(C)n1. The van der Waals surface area contributed by atoms with E-state index < -0.39 is 0 Å². The Morgan fingerprint density at radius 2 is 1.77 bits per heavy atom. The highest BCUT2D eigenvalue weighted by molar-refractivity contribution is 5.25. The summed E-state index contributed by atoms with van der Waals surface area (Å²) in [4.78, 5) is 4.73. The smallest absolute Gasteiger partial charge is 0.0597 e. The summed E-state index contributed by atoms with van der Waals surface area (Å²) in [5.74, 6) is 0. The average Bonchev–Trinajstić information content (AvgIpc) is 2.76. The molecule has 0 amide bonds. The number of benzene rings is 1. The Balaban J connectivity index is 2.12. The zero-order valence-corrected chi connectivity index (χ0v) is 14.5. The summed E-state index contributed by atoms with van der Waals surface area (Å²) in [5, 5.41) is 4.46. The van der Waals surface area contributed by atoms with Crippen molar-refractivity contribution in [2.75, 3.05) is 27.2 Å². The zero-order chi connectivity index (χ0) is 16.1. The van der Waals surface area contributed by atoms with Crippen LogP contribution in [0.3, 0.4) is 0 Å². The van der Waals surface area contributed by atoms with Crippen LogP contribution in [0.15, 0.2) is 30.3 Å². The molecule has 1 aromatic carbocycles. The van der Waals surface area contributed by atoms with Crippen LogP contribution in [0.2, 0.25) is 0 Å². The molecule has 2 rings (SSSR count). The van der Waals surface area contributed by atoms with E-state index in [0.717, 1.165) is 31.9 Å². The van der Waals surface area contributed by atoms with Crippen LogP contribution >= 0.6 is 0 Å². The van der Waals surface area contributed by atoms with E-state index in [9.17, 15) is 0 Å². The molecule has 0 aliphatic carbocycles. The fourth-order valence-corrected chi connectivity index (χ4v) is 2.63. The van der Waals surface area contributed by atoms with E-state index in [1.807, 2.05) is 11.7 Å². The fraction of sp³-hybridized carbons (Fsp3) is 0.500. The van der Waals surface area contributed by atoms with Gasteiger partial charge < -0.3 is 4.90 Å². The fourth-order valence-electron chi connectivity index (χ4n) is 2.63. The number of hydrogen-bond acceptors (Lipinski definition) is 3. The maximum atomic E-state index is 4.46. The molecule has 4 nitrogen and oxygen atoms in total. The van der Waals surface area contributed by atoms with Crippen molar-refractivity contribution in [1.82, 2.24) is 19.6 Å². The van der Waals surface area contributed by atoms with Gasteiger partial charge in [0.05, 0.1) is 11.4 Å². The van der Waals surface area contributed by atoms with Gasteiger partial charge in [-0.1, -0.05) is 24.3 Å². The van der Waals surface area contributed by atoms with Crippen molar-refractivity contribution in [3.63, 3.8) is 0 Å². The topological polar surface area (TPSA) is 24.3 Å². The lowest BCUT2D eigenvalue weighted by molar-refractivity contribution is 0.221. The minimum Gasteiger partial charge on any atom is -0.308 e. The van der Waals surface area contributed by atoms with Crippen molar-refractivity contribution in [1.29, 1.82) is 0 Å². The van der Waals surface area contributed by atoms with Gasteiger partial charge in [-0.15, -0.1) is 0 Å². The molecule has 120 valence electrons. The molecule has 0 bridgehead atoms. The second kappa shape index (κ2) is 7.56. The van der Waals surface area contributed by atoms with E-state index in [1.54, 1.807) is 0 Å². The number of aromatic nitrogens is 2. The van der Waals surface area contributed by atoms with Crippen molar-refractivity contribution in [2.24, 2.45) is 7.05 Å². The lowest BCUT2D eigenvalue weighted by Gasteiger charge is -2.25. The van der Waals surface area contributed by atoms with Crippen LogP contribution in [-0.2, 0) is 20.1 Å². The molecule has 0 aliphatic rings. The van der Waals surface area contributed by atoms with Gasteiger partial charge in [-0.2, -0.15) is 5.10 Å². The Hall–Kier alpha value is -1.65. The Bertz CT molecular complexity index is 601. The maximum Gasteiger partial charge on any atom is 0.0597 e. The van der Waals surface area contributed by atoms with Crippen molar-refractivity contribution >= 4 is 0 Å².